The highest BCUT2D eigenvalue weighted by Gasteiger charge is 2.39. The highest BCUT2D eigenvalue weighted by Crippen LogP contribution is 2.32. The lowest BCUT2D eigenvalue weighted by Gasteiger charge is -2.42. The molecule has 1 aliphatic carbocycles. The van der Waals surface area contributed by atoms with Gasteiger partial charge in [0.05, 0.1) is 24.1 Å². The Morgan fingerprint density at radius 2 is 1.91 bits per heavy atom. The van der Waals surface area contributed by atoms with Crippen LogP contribution in [0.15, 0.2) is 18.2 Å². The number of amides is 3. The molecule has 2 fully saturated rings. The van der Waals surface area contributed by atoms with Gasteiger partial charge in [-0.15, -0.1) is 0 Å². The van der Waals surface area contributed by atoms with Crippen LogP contribution in [0.4, 0.5) is 5.69 Å². The first kappa shape index (κ1) is 23.5. The van der Waals surface area contributed by atoms with Crippen LogP contribution in [0.1, 0.15) is 68.6 Å². The molecule has 2 aliphatic heterocycles. The van der Waals surface area contributed by atoms with Crippen molar-refractivity contribution in [2.24, 2.45) is 5.92 Å². The average Bonchev–Trinajstić information content (AvgIpc) is 2.81. The SMILES string of the molecule is CC(=O)Nc1ccc2c(c1)C(=O)N(C)[C@@H]1CC[C@@H](CC(=O)NCC3CCCCC3)O[C@H]1CO2. The Hall–Kier alpha value is -2.61. The summed E-state index contributed by atoms with van der Waals surface area (Å²) in [4.78, 5) is 38.8. The number of carbonyl (C=O) groups is 3. The van der Waals surface area contributed by atoms with Crippen molar-refractivity contribution < 1.29 is 23.9 Å². The lowest BCUT2D eigenvalue weighted by atomic mass is 9.89. The molecule has 1 aromatic rings. The minimum absolute atomic E-state index is 0.0380. The number of anilines is 1. The van der Waals surface area contributed by atoms with Gasteiger partial charge in [0.15, 0.2) is 0 Å². The molecule has 8 nitrogen and oxygen atoms in total. The number of nitrogens with one attached hydrogen (secondary N) is 2. The predicted octanol–water partition coefficient (Wildman–Crippen LogP) is 3.11. The van der Waals surface area contributed by atoms with Gasteiger partial charge >= 0.3 is 0 Å². The van der Waals surface area contributed by atoms with Crippen molar-refractivity contribution in [2.75, 3.05) is 25.5 Å². The van der Waals surface area contributed by atoms with Crippen molar-refractivity contribution in [1.82, 2.24) is 10.2 Å². The summed E-state index contributed by atoms with van der Waals surface area (Å²) in [7, 11) is 1.78. The summed E-state index contributed by atoms with van der Waals surface area (Å²) in [6.45, 7) is 2.49. The fourth-order valence-corrected chi connectivity index (χ4v) is 5.24. The zero-order valence-electron chi connectivity index (χ0n) is 19.6. The van der Waals surface area contributed by atoms with Gasteiger partial charge < -0.3 is 25.0 Å². The first-order valence-electron chi connectivity index (χ1n) is 12.1. The second-order valence-electron chi connectivity index (χ2n) is 9.57. The first-order valence-corrected chi connectivity index (χ1v) is 12.1. The molecule has 0 radical (unpaired) electrons. The van der Waals surface area contributed by atoms with Crippen LogP contribution in [0.2, 0.25) is 0 Å². The van der Waals surface area contributed by atoms with Crippen LogP contribution in [0, 0.1) is 5.92 Å². The molecule has 180 valence electrons. The molecule has 1 saturated carbocycles. The number of benzene rings is 1. The zero-order chi connectivity index (χ0) is 23.4. The summed E-state index contributed by atoms with van der Waals surface area (Å²) in [6, 6.07) is 4.94. The summed E-state index contributed by atoms with van der Waals surface area (Å²) in [5.74, 6) is 0.743. The second kappa shape index (κ2) is 10.5. The molecule has 33 heavy (non-hydrogen) atoms. The van der Waals surface area contributed by atoms with Crippen molar-refractivity contribution in [3.05, 3.63) is 23.8 Å². The number of ether oxygens (including phenoxy) is 2. The largest absolute Gasteiger partial charge is 0.490 e. The normalized spacial score (nSPS) is 25.7. The smallest absolute Gasteiger partial charge is 0.257 e. The van der Waals surface area contributed by atoms with E-state index in [1.54, 1.807) is 30.1 Å². The third-order valence-corrected chi connectivity index (χ3v) is 7.06. The van der Waals surface area contributed by atoms with Crippen molar-refractivity contribution in [2.45, 2.75) is 76.5 Å². The highest BCUT2D eigenvalue weighted by molar-refractivity contribution is 5.99. The van der Waals surface area contributed by atoms with E-state index < -0.39 is 0 Å². The van der Waals surface area contributed by atoms with Gasteiger partial charge in [0.25, 0.3) is 5.91 Å². The Labute approximate surface area is 195 Å². The third-order valence-electron chi connectivity index (χ3n) is 7.06. The topological polar surface area (TPSA) is 97.0 Å². The fourth-order valence-electron chi connectivity index (χ4n) is 5.24. The standard InChI is InChI=1S/C25H35N3O5/c1-16(29)27-18-8-11-22-20(12-18)25(31)28(2)21-10-9-19(33-23(21)15-32-22)13-24(30)26-14-17-6-4-3-5-7-17/h8,11-12,17,19,21,23H,3-7,9-10,13-15H2,1-2H3,(H,26,30)(H,27,29)/t19-,21+,23-/m0/s1. The predicted molar refractivity (Wildman–Crippen MR) is 124 cm³/mol. The Bertz CT molecular complexity index is 883. The molecule has 0 aromatic heterocycles. The Kier molecular flexibility index (Phi) is 7.53. The maximum Gasteiger partial charge on any atom is 0.257 e. The molecular formula is C25H35N3O5. The van der Waals surface area contributed by atoms with Crippen LogP contribution in [0.3, 0.4) is 0 Å². The molecule has 0 spiro atoms. The molecule has 8 heteroatoms. The number of hydrogen-bond acceptors (Lipinski definition) is 5. The van der Waals surface area contributed by atoms with Gasteiger partial charge in [-0.2, -0.15) is 0 Å². The van der Waals surface area contributed by atoms with Crippen molar-refractivity contribution in [3.63, 3.8) is 0 Å². The van der Waals surface area contributed by atoms with Gasteiger partial charge in [-0.1, -0.05) is 19.3 Å². The Morgan fingerprint density at radius 3 is 2.67 bits per heavy atom. The van der Waals surface area contributed by atoms with E-state index in [1.165, 1.54) is 39.0 Å². The van der Waals surface area contributed by atoms with Crippen LogP contribution in [-0.2, 0) is 14.3 Å². The molecule has 3 amide bonds. The van der Waals surface area contributed by atoms with Crippen LogP contribution in [-0.4, -0.2) is 61.1 Å². The van der Waals surface area contributed by atoms with Gasteiger partial charge in [-0.3, -0.25) is 14.4 Å². The van der Waals surface area contributed by atoms with E-state index in [9.17, 15) is 14.4 Å². The molecule has 0 bridgehead atoms. The molecule has 1 saturated heterocycles. The van der Waals surface area contributed by atoms with E-state index in [2.05, 4.69) is 10.6 Å². The third kappa shape index (κ3) is 5.85. The Balaban J connectivity index is 1.36. The van der Waals surface area contributed by atoms with Crippen molar-refractivity contribution in [3.8, 4) is 5.75 Å². The van der Waals surface area contributed by atoms with E-state index in [0.717, 1.165) is 13.0 Å². The van der Waals surface area contributed by atoms with Crippen LogP contribution in [0.5, 0.6) is 5.75 Å². The van der Waals surface area contributed by atoms with Gasteiger partial charge in [-0.25, -0.2) is 0 Å². The number of hydrogen-bond donors (Lipinski definition) is 2. The van der Waals surface area contributed by atoms with Crippen molar-refractivity contribution in [1.29, 1.82) is 0 Å². The fraction of sp³-hybridized carbons (Fsp3) is 0.640. The lowest BCUT2D eigenvalue weighted by Crippen LogP contribution is -2.54. The molecule has 1 aromatic carbocycles. The first-order chi connectivity index (χ1) is 15.9. The molecule has 3 aliphatic rings. The van der Waals surface area contributed by atoms with E-state index in [4.69, 9.17) is 9.47 Å². The zero-order valence-corrected chi connectivity index (χ0v) is 19.6. The summed E-state index contributed by atoms with van der Waals surface area (Å²) in [5.41, 5.74) is 0.981. The van der Waals surface area contributed by atoms with Crippen LogP contribution in [0.25, 0.3) is 0 Å². The van der Waals surface area contributed by atoms with E-state index in [1.807, 2.05) is 0 Å². The van der Waals surface area contributed by atoms with Gasteiger partial charge in [0.2, 0.25) is 11.8 Å². The minimum Gasteiger partial charge on any atom is -0.490 e. The summed E-state index contributed by atoms with van der Waals surface area (Å²) in [5, 5.41) is 5.81. The number of carbonyl (C=O) groups excluding carboxylic acids is 3. The maximum atomic E-state index is 13.2. The van der Waals surface area contributed by atoms with Gasteiger partial charge in [0, 0.05) is 26.2 Å². The average molecular weight is 458 g/mol. The lowest BCUT2D eigenvalue weighted by molar-refractivity contribution is -0.134. The monoisotopic (exact) mass is 457 g/mol. The van der Waals surface area contributed by atoms with E-state index >= 15 is 0 Å². The van der Waals surface area contributed by atoms with E-state index in [-0.39, 0.29) is 36.0 Å². The highest BCUT2D eigenvalue weighted by atomic mass is 16.5. The number of rotatable bonds is 5. The molecule has 2 N–H and O–H groups in total. The second-order valence-corrected chi connectivity index (χ2v) is 9.57. The van der Waals surface area contributed by atoms with Gasteiger partial charge in [-0.05, 0) is 49.8 Å². The minimum atomic E-state index is -0.299. The van der Waals surface area contributed by atoms with Crippen LogP contribution >= 0.6 is 0 Å². The molecular weight excluding hydrogens is 422 g/mol. The summed E-state index contributed by atoms with van der Waals surface area (Å²) >= 11 is 0. The Morgan fingerprint density at radius 1 is 1.12 bits per heavy atom. The van der Waals surface area contributed by atoms with Crippen molar-refractivity contribution >= 4 is 23.4 Å². The maximum absolute atomic E-state index is 13.2. The number of nitrogens with zero attached hydrogens (tertiary/aromatic N) is 1. The van der Waals surface area contributed by atoms with Gasteiger partial charge in [0.1, 0.15) is 18.5 Å². The molecule has 2 heterocycles. The quantitative estimate of drug-likeness (QED) is 0.708. The number of fused-ring (bicyclic) bond motifs is 2. The number of likely N-dealkylation sites (N-methyl/N-ethyl adjacent to an activating group) is 1. The summed E-state index contributed by atoms with van der Waals surface area (Å²) < 4.78 is 12.2. The van der Waals surface area contributed by atoms with E-state index in [0.29, 0.717) is 42.4 Å². The molecule has 0 unspecified atom stereocenters. The molecule has 3 atom stereocenters. The van der Waals surface area contributed by atoms with Crippen LogP contribution < -0.4 is 15.4 Å². The molecule has 4 rings (SSSR count). The summed E-state index contributed by atoms with van der Waals surface area (Å²) in [6.07, 6.45) is 7.57.